The van der Waals surface area contributed by atoms with Crippen LogP contribution in [0.4, 0.5) is 0 Å². The second-order valence-corrected chi connectivity index (χ2v) is 6.13. The Bertz CT molecular complexity index is 1060. The van der Waals surface area contributed by atoms with Crippen molar-refractivity contribution in [3.05, 3.63) is 68.7 Å². The molecule has 1 heterocycles. The molecule has 6 heteroatoms. The highest BCUT2D eigenvalue weighted by molar-refractivity contribution is 9.10. The number of nitrogens with zero attached hydrogens (tertiary/aromatic N) is 3. The predicted molar refractivity (Wildman–Crippen MR) is 102 cm³/mol. The summed E-state index contributed by atoms with van der Waals surface area (Å²) in [5, 5.41) is 4.79. The molecule has 0 bridgehead atoms. The first-order valence-corrected chi connectivity index (χ1v) is 8.28. The number of hydrogen-bond donors (Lipinski definition) is 0. The van der Waals surface area contributed by atoms with Crippen LogP contribution in [0, 0.1) is 19.3 Å². The van der Waals surface area contributed by atoms with Crippen molar-refractivity contribution < 1.29 is 4.74 Å². The smallest absolute Gasteiger partial charge is 0.282 e. The normalized spacial score (nSPS) is 10.9. The molecule has 0 aliphatic carbocycles. The number of aryl methyl sites for hydroxylation is 1. The van der Waals surface area contributed by atoms with Gasteiger partial charge in [0.05, 0.1) is 17.1 Å². The molecule has 0 N–H and O–H groups in total. The predicted octanol–water partition coefficient (Wildman–Crippen LogP) is 3.36. The second kappa shape index (κ2) is 7.32. The van der Waals surface area contributed by atoms with E-state index in [4.69, 9.17) is 11.2 Å². The molecule has 1 aromatic heterocycles. The molecule has 25 heavy (non-hydrogen) atoms. The van der Waals surface area contributed by atoms with E-state index in [1.165, 1.54) is 4.68 Å². The van der Waals surface area contributed by atoms with Gasteiger partial charge >= 0.3 is 0 Å². The van der Waals surface area contributed by atoms with Gasteiger partial charge in [-0.15, -0.1) is 6.42 Å². The van der Waals surface area contributed by atoms with E-state index in [0.717, 1.165) is 10.0 Å². The van der Waals surface area contributed by atoms with E-state index in [9.17, 15) is 4.79 Å². The maximum absolute atomic E-state index is 12.7. The number of aromatic nitrogens is 2. The summed E-state index contributed by atoms with van der Waals surface area (Å²) in [7, 11) is 0. The van der Waals surface area contributed by atoms with Gasteiger partial charge in [0, 0.05) is 10.0 Å². The number of terminal acetylenes is 1. The van der Waals surface area contributed by atoms with Gasteiger partial charge in [0.15, 0.2) is 0 Å². The van der Waals surface area contributed by atoms with E-state index in [1.807, 2.05) is 24.3 Å². The van der Waals surface area contributed by atoms with Crippen LogP contribution in [-0.2, 0) is 0 Å². The van der Waals surface area contributed by atoms with Gasteiger partial charge in [0.1, 0.15) is 18.2 Å². The Kier molecular flexibility index (Phi) is 4.96. The monoisotopic (exact) mass is 395 g/mol. The SMILES string of the molecule is C#CCOc1ccccc1C=Nn1c(C)nc2ccc(Br)cc2c1=O. The van der Waals surface area contributed by atoms with Crippen molar-refractivity contribution in [1.29, 1.82) is 0 Å². The van der Waals surface area contributed by atoms with Crippen LogP contribution in [0.1, 0.15) is 11.4 Å². The van der Waals surface area contributed by atoms with Crippen molar-refractivity contribution in [3.8, 4) is 18.1 Å². The summed E-state index contributed by atoms with van der Waals surface area (Å²) in [5.74, 6) is 3.53. The molecule has 2 aromatic carbocycles. The molecule has 3 rings (SSSR count). The van der Waals surface area contributed by atoms with Crippen LogP contribution in [0.5, 0.6) is 5.75 Å². The minimum Gasteiger partial charge on any atom is -0.480 e. The van der Waals surface area contributed by atoms with E-state index in [0.29, 0.717) is 22.5 Å². The van der Waals surface area contributed by atoms with Crippen LogP contribution in [0.2, 0.25) is 0 Å². The minimum atomic E-state index is -0.234. The third kappa shape index (κ3) is 3.62. The van der Waals surface area contributed by atoms with Crippen molar-refractivity contribution in [3.63, 3.8) is 0 Å². The van der Waals surface area contributed by atoms with Crippen molar-refractivity contribution in [2.24, 2.45) is 5.10 Å². The van der Waals surface area contributed by atoms with E-state index < -0.39 is 0 Å². The largest absolute Gasteiger partial charge is 0.480 e. The summed E-state index contributed by atoms with van der Waals surface area (Å²) >= 11 is 3.37. The molecule has 0 saturated carbocycles. The summed E-state index contributed by atoms with van der Waals surface area (Å²) < 4.78 is 7.57. The van der Waals surface area contributed by atoms with Crippen molar-refractivity contribution in [2.45, 2.75) is 6.92 Å². The zero-order chi connectivity index (χ0) is 17.8. The molecule has 0 unspecified atom stereocenters. The Morgan fingerprint density at radius 2 is 2.16 bits per heavy atom. The summed E-state index contributed by atoms with van der Waals surface area (Å²) in [6, 6.07) is 12.7. The van der Waals surface area contributed by atoms with Gasteiger partial charge in [-0.25, -0.2) is 4.98 Å². The molecule has 0 atom stereocenters. The summed E-state index contributed by atoms with van der Waals surface area (Å²) in [4.78, 5) is 17.1. The van der Waals surface area contributed by atoms with Crippen LogP contribution in [-0.4, -0.2) is 22.5 Å². The fraction of sp³-hybridized carbons (Fsp3) is 0.105. The molecule has 5 nitrogen and oxygen atoms in total. The Balaban J connectivity index is 2.05. The molecular weight excluding hydrogens is 382 g/mol. The third-order valence-electron chi connectivity index (χ3n) is 3.51. The van der Waals surface area contributed by atoms with Crippen LogP contribution in [0.25, 0.3) is 10.9 Å². The van der Waals surface area contributed by atoms with Crippen LogP contribution < -0.4 is 10.3 Å². The van der Waals surface area contributed by atoms with E-state index >= 15 is 0 Å². The Labute approximate surface area is 153 Å². The van der Waals surface area contributed by atoms with Gasteiger partial charge < -0.3 is 4.74 Å². The molecule has 0 amide bonds. The fourth-order valence-electron chi connectivity index (χ4n) is 2.35. The first kappa shape index (κ1) is 16.9. The zero-order valence-electron chi connectivity index (χ0n) is 13.4. The lowest BCUT2D eigenvalue weighted by molar-refractivity contribution is 0.370. The first-order chi connectivity index (χ1) is 12.1. The number of rotatable bonds is 4. The van der Waals surface area contributed by atoms with Gasteiger partial charge in [-0.05, 0) is 37.3 Å². The third-order valence-corrected chi connectivity index (χ3v) is 4.01. The van der Waals surface area contributed by atoms with Gasteiger partial charge in [-0.3, -0.25) is 4.79 Å². The lowest BCUT2D eigenvalue weighted by atomic mass is 10.2. The lowest BCUT2D eigenvalue weighted by Gasteiger charge is -2.07. The summed E-state index contributed by atoms with van der Waals surface area (Å²) in [5.41, 5.74) is 1.12. The van der Waals surface area contributed by atoms with Crippen molar-refractivity contribution in [1.82, 2.24) is 9.66 Å². The number of hydrogen-bond acceptors (Lipinski definition) is 4. The van der Waals surface area contributed by atoms with Gasteiger partial charge in [-0.2, -0.15) is 9.78 Å². The average Bonchev–Trinajstić information content (AvgIpc) is 2.61. The van der Waals surface area contributed by atoms with Crippen molar-refractivity contribution in [2.75, 3.05) is 6.61 Å². The van der Waals surface area contributed by atoms with E-state index in [-0.39, 0.29) is 12.2 Å². The topological polar surface area (TPSA) is 56.5 Å². The summed E-state index contributed by atoms with van der Waals surface area (Å²) in [6.45, 7) is 1.90. The Morgan fingerprint density at radius 1 is 1.36 bits per heavy atom. The number of ether oxygens (including phenoxy) is 1. The zero-order valence-corrected chi connectivity index (χ0v) is 15.0. The van der Waals surface area contributed by atoms with E-state index in [1.54, 1.807) is 31.3 Å². The average molecular weight is 396 g/mol. The molecule has 0 saturated heterocycles. The minimum absolute atomic E-state index is 0.162. The number of fused-ring (bicyclic) bond motifs is 1. The van der Waals surface area contributed by atoms with Crippen LogP contribution >= 0.6 is 15.9 Å². The molecular formula is C19H14BrN3O2. The Morgan fingerprint density at radius 3 is 2.96 bits per heavy atom. The van der Waals surface area contributed by atoms with Crippen molar-refractivity contribution >= 4 is 33.0 Å². The molecule has 124 valence electrons. The lowest BCUT2D eigenvalue weighted by Crippen LogP contribution is -2.20. The van der Waals surface area contributed by atoms with Gasteiger partial charge in [0.25, 0.3) is 5.56 Å². The standard InChI is InChI=1S/C19H14BrN3O2/c1-3-10-25-18-7-5-4-6-14(18)12-21-23-13(2)22-17-9-8-15(20)11-16(17)19(23)24/h1,4-9,11-12H,10H2,2H3. The molecule has 0 fully saturated rings. The highest BCUT2D eigenvalue weighted by Gasteiger charge is 2.08. The van der Waals surface area contributed by atoms with Crippen LogP contribution in [0.3, 0.4) is 0 Å². The number of benzene rings is 2. The van der Waals surface area contributed by atoms with E-state index in [2.05, 4.69) is 31.9 Å². The second-order valence-electron chi connectivity index (χ2n) is 5.21. The molecule has 0 spiro atoms. The highest BCUT2D eigenvalue weighted by atomic mass is 79.9. The Hall–Kier alpha value is -2.91. The first-order valence-electron chi connectivity index (χ1n) is 7.48. The molecule has 0 aliphatic heterocycles. The van der Waals surface area contributed by atoms with Crippen LogP contribution in [0.15, 0.2) is 56.8 Å². The quantitative estimate of drug-likeness (QED) is 0.502. The van der Waals surface area contributed by atoms with Gasteiger partial charge in [0.2, 0.25) is 0 Å². The fourth-order valence-corrected chi connectivity index (χ4v) is 2.71. The number of para-hydroxylation sites is 1. The molecule has 3 aromatic rings. The number of halogens is 1. The summed E-state index contributed by atoms with van der Waals surface area (Å²) in [6.07, 6.45) is 6.79. The maximum atomic E-state index is 12.7. The highest BCUT2D eigenvalue weighted by Crippen LogP contribution is 2.17. The molecule has 0 aliphatic rings. The maximum Gasteiger partial charge on any atom is 0.282 e. The van der Waals surface area contributed by atoms with Gasteiger partial charge in [-0.1, -0.05) is 34.0 Å². The molecule has 0 radical (unpaired) electrons.